The van der Waals surface area contributed by atoms with Gasteiger partial charge in [0.25, 0.3) is 5.91 Å². The maximum Gasteiger partial charge on any atom is 0.264 e. The number of carbonyl (C=O) groups is 1. The molecule has 0 bridgehead atoms. The number of rotatable bonds is 4. The van der Waals surface area contributed by atoms with Crippen LogP contribution in [0.4, 0.5) is 0 Å². The molecule has 0 atom stereocenters. The van der Waals surface area contributed by atoms with Crippen LogP contribution in [0.5, 0.6) is 11.5 Å². The molecule has 0 aliphatic carbocycles. The first-order valence-corrected chi connectivity index (χ1v) is 7.67. The van der Waals surface area contributed by atoms with E-state index in [0.29, 0.717) is 17.3 Å². The fraction of sp³-hybridized carbons (Fsp3) is 0.0526. The second kappa shape index (κ2) is 6.52. The van der Waals surface area contributed by atoms with Crippen LogP contribution in [0.3, 0.4) is 0 Å². The molecule has 0 unspecified atom stereocenters. The summed E-state index contributed by atoms with van der Waals surface area (Å²) in [6, 6.07) is 15.0. The number of furan rings is 1. The number of carbonyl (C=O) groups excluding carboxylic acids is 1. The van der Waals surface area contributed by atoms with Gasteiger partial charge in [0.2, 0.25) is 6.79 Å². The van der Waals surface area contributed by atoms with Crippen molar-refractivity contribution in [2.24, 2.45) is 5.10 Å². The zero-order chi connectivity index (χ0) is 17.1. The largest absolute Gasteiger partial charge is 0.455 e. The van der Waals surface area contributed by atoms with Crippen LogP contribution in [0.1, 0.15) is 11.3 Å². The Morgan fingerprint density at radius 3 is 2.88 bits per heavy atom. The van der Waals surface area contributed by atoms with E-state index in [0.717, 1.165) is 16.5 Å². The molecule has 0 spiro atoms. The molecule has 2 aromatic carbocycles. The van der Waals surface area contributed by atoms with Crippen molar-refractivity contribution in [3.8, 4) is 11.5 Å². The second-order valence-corrected chi connectivity index (χ2v) is 5.37. The molecule has 1 N–H and O–H groups in total. The van der Waals surface area contributed by atoms with E-state index in [-0.39, 0.29) is 12.7 Å². The van der Waals surface area contributed by atoms with Crippen LogP contribution >= 0.6 is 0 Å². The Morgan fingerprint density at radius 1 is 1.08 bits per heavy atom. The number of hydrazone groups is 1. The van der Waals surface area contributed by atoms with Crippen LogP contribution in [0.15, 0.2) is 64.1 Å². The lowest BCUT2D eigenvalue weighted by Gasteiger charge is -1.97. The van der Waals surface area contributed by atoms with Gasteiger partial charge in [0.15, 0.2) is 11.5 Å². The molecule has 1 amide bonds. The number of benzene rings is 2. The van der Waals surface area contributed by atoms with Gasteiger partial charge in [-0.25, -0.2) is 5.43 Å². The Balaban J connectivity index is 1.37. The van der Waals surface area contributed by atoms with Crippen molar-refractivity contribution < 1.29 is 18.7 Å². The van der Waals surface area contributed by atoms with Crippen molar-refractivity contribution in [3.05, 3.63) is 65.9 Å². The summed E-state index contributed by atoms with van der Waals surface area (Å²) in [4.78, 5) is 11.8. The van der Waals surface area contributed by atoms with Gasteiger partial charge < -0.3 is 13.9 Å². The number of amides is 1. The lowest BCUT2D eigenvalue weighted by atomic mass is 10.2. The number of hydrogen-bond donors (Lipinski definition) is 1. The summed E-state index contributed by atoms with van der Waals surface area (Å²) in [6.45, 7) is 0.222. The quantitative estimate of drug-likeness (QED) is 0.451. The van der Waals surface area contributed by atoms with E-state index in [1.54, 1.807) is 12.1 Å². The van der Waals surface area contributed by atoms with Crippen molar-refractivity contribution in [1.29, 1.82) is 0 Å². The Hall–Kier alpha value is -3.54. The average molecular weight is 334 g/mol. The number of hydrogen-bond acceptors (Lipinski definition) is 5. The fourth-order valence-electron chi connectivity index (χ4n) is 2.45. The Bertz CT molecular complexity index is 955. The molecule has 1 aromatic heterocycles. The highest BCUT2D eigenvalue weighted by atomic mass is 16.7. The molecule has 3 aromatic rings. The highest BCUT2D eigenvalue weighted by molar-refractivity contribution is 5.93. The summed E-state index contributed by atoms with van der Waals surface area (Å²) in [7, 11) is 0. The topological polar surface area (TPSA) is 73.1 Å². The predicted molar refractivity (Wildman–Crippen MR) is 93.5 cm³/mol. The van der Waals surface area contributed by atoms with Crippen LogP contribution in [0, 0.1) is 0 Å². The summed E-state index contributed by atoms with van der Waals surface area (Å²) in [6.07, 6.45) is 4.54. The monoisotopic (exact) mass is 334 g/mol. The molecule has 1 aliphatic rings. The average Bonchev–Trinajstić information content (AvgIpc) is 3.25. The van der Waals surface area contributed by atoms with Gasteiger partial charge in [-0.1, -0.05) is 24.3 Å². The van der Waals surface area contributed by atoms with Crippen LogP contribution < -0.4 is 14.9 Å². The van der Waals surface area contributed by atoms with E-state index >= 15 is 0 Å². The third kappa shape index (κ3) is 3.37. The lowest BCUT2D eigenvalue weighted by molar-refractivity contribution is -0.116. The Morgan fingerprint density at radius 2 is 1.96 bits per heavy atom. The third-order valence-corrected chi connectivity index (χ3v) is 3.63. The summed E-state index contributed by atoms with van der Waals surface area (Å²) >= 11 is 0. The standard InChI is InChI=1S/C19H14N2O4/c22-19(8-6-13-5-7-17-18(9-13)24-12-23-17)21-20-11-15-10-14-3-1-2-4-16(14)25-15/h1-11H,12H2,(H,21,22). The minimum Gasteiger partial charge on any atom is -0.455 e. The molecule has 6 nitrogen and oxygen atoms in total. The molecule has 0 saturated carbocycles. The van der Waals surface area contributed by atoms with E-state index in [1.807, 2.05) is 42.5 Å². The van der Waals surface area contributed by atoms with Crippen LogP contribution in [0.2, 0.25) is 0 Å². The summed E-state index contributed by atoms with van der Waals surface area (Å²) < 4.78 is 16.1. The number of nitrogens with one attached hydrogen (secondary N) is 1. The van der Waals surface area contributed by atoms with Gasteiger partial charge in [-0.05, 0) is 35.9 Å². The zero-order valence-electron chi connectivity index (χ0n) is 13.1. The van der Waals surface area contributed by atoms with Crippen molar-refractivity contribution in [1.82, 2.24) is 5.43 Å². The van der Waals surface area contributed by atoms with Crippen LogP contribution in [-0.2, 0) is 4.79 Å². The van der Waals surface area contributed by atoms with Crippen molar-refractivity contribution in [3.63, 3.8) is 0 Å². The maximum atomic E-state index is 11.8. The zero-order valence-corrected chi connectivity index (χ0v) is 13.1. The van der Waals surface area contributed by atoms with Gasteiger partial charge in [-0.15, -0.1) is 0 Å². The molecular formula is C19H14N2O4. The lowest BCUT2D eigenvalue weighted by Crippen LogP contribution is -2.13. The van der Waals surface area contributed by atoms with E-state index in [4.69, 9.17) is 13.9 Å². The number of fused-ring (bicyclic) bond motifs is 2. The van der Waals surface area contributed by atoms with E-state index in [9.17, 15) is 4.79 Å². The minimum absolute atomic E-state index is 0.222. The van der Waals surface area contributed by atoms with Crippen LogP contribution in [0.25, 0.3) is 17.0 Å². The number of ether oxygens (including phenoxy) is 2. The van der Waals surface area contributed by atoms with Crippen LogP contribution in [-0.4, -0.2) is 18.9 Å². The first kappa shape index (κ1) is 15.0. The second-order valence-electron chi connectivity index (χ2n) is 5.37. The number of nitrogens with zero attached hydrogens (tertiary/aromatic N) is 1. The SMILES string of the molecule is O=C(C=Cc1ccc2c(c1)OCO2)NN=Cc1cc2ccccc2o1. The molecule has 25 heavy (non-hydrogen) atoms. The van der Waals surface area contributed by atoms with Crippen molar-refractivity contribution in [2.75, 3.05) is 6.79 Å². The molecule has 124 valence electrons. The van der Waals surface area contributed by atoms with Gasteiger partial charge in [0.1, 0.15) is 11.3 Å². The smallest absolute Gasteiger partial charge is 0.264 e. The van der Waals surface area contributed by atoms with E-state index in [1.165, 1.54) is 12.3 Å². The van der Waals surface area contributed by atoms with Crippen molar-refractivity contribution >= 4 is 29.2 Å². The molecule has 6 heteroatoms. The molecule has 0 saturated heterocycles. The minimum atomic E-state index is -0.343. The van der Waals surface area contributed by atoms with Gasteiger partial charge in [0.05, 0.1) is 6.21 Å². The molecular weight excluding hydrogens is 320 g/mol. The third-order valence-electron chi connectivity index (χ3n) is 3.63. The van der Waals surface area contributed by atoms with Crippen molar-refractivity contribution in [2.45, 2.75) is 0 Å². The molecule has 2 heterocycles. The van der Waals surface area contributed by atoms with Gasteiger partial charge in [-0.3, -0.25) is 4.79 Å². The molecule has 1 aliphatic heterocycles. The maximum absolute atomic E-state index is 11.8. The highest BCUT2D eigenvalue weighted by Crippen LogP contribution is 2.32. The molecule has 0 radical (unpaired) electrons. The summed E-state index contributed by atoms with van der Waals surface area (Å²) in [5, 5.41) is 4.88. The van der Waals surface area contributed by atoms with Gasteiger partial charge >= 0.3 is 0 Å². The summed E-state index contributed by atoms with van der Waals surface area (Å²) in [5.74, 6) is 1.61. The number of para-hydroxylation sites is 1. The fourth-order valence-corrected chi connectivity index (χ4v) is 2.45. The highest BCUT2D eigenvalue weighted by Gasteiger charge is 2.12. The first-order valence-electron chi connectivity index (χ1n) is 7.67. The van der Waals surface area contributed by atoms with E-state index < -0.39 is 0 Å². The Labute approximate surface area is 143 Å². The Kier molecular flexibility index (Phi) is 3.92. The normalized spacial score (nSPS) is 13.1. The van der Waals surface area contributed by atoms with Gasteiger partial charge in [-0.2, -0.15) is 5.10 Å². The van der Waals surface area contributed by atoms with E-state index in [2.05, 4.69) is 10.5 Å². The molecule has 0 fully saturated rings. The predicted octanol–water partition coefficient (Wildman–Crippen LogP) is 3.33. The molecule has 4 rings (SSSR count). The summed E-state index contributed by atoms with van der Waals surface area (Å²) in [5.41, 5.74) is 4.04. The van der Waals surface area contributed by atoms with Gasteiger partial charge in [0, 0.05) is 11.5 Å². The first-order chi connectivity index (χ1) is 12.3.